The first kappa shape index (κ1) is 22.6. The Bertz CT molecular complexity index is 710. The maximum Gasteiger partial charge on any atom is 0.231 e. The number of piperazine rings is 1. The van der Waals surface area contributed by atoms with Crippen LogP contribution in [0.1, 0.15) is 5.56 Å². The zero-order valence-electron chi connectivity index (χ0n) is 15.9. The summed E-state index contributed by atoms with van der Waals surface area (Å²) in [7, 11) is 0. The Hall–Kier alpha value is -1.66. The van der Waals surface area contributed by atoms with E-state index >= 15 is 0 Å². The van der Waals surface area contributed by atoms with Gasteiger partial charge >= 0.3 is 0 Å². The highest BCUT2D eigenvalue weighted by Crippen LogP contribution is 2.32. The number of benzene rings is 2. The number of ether oxygens (including phenoxy) is 3. The molecule has 0 bridgehead atoms. The third-order valence-corrected chi connectivity index (χ3v) is 5.04. The van der Waals surface area contributed by atoms with Crippen molar-refractivity contribution in [2.24, 2.45) is 0 Å². The molecular weight excluding hydrogens is 399 g/mol. The smallest absolute Gasteiger partial charge is 0.231 e. The van der Waals surface area contributed by atoms with Crippen LogP contribution in [0.5, 0.6) is 17.2 Å². The molecule has 0 radical (unpaired) electrons. The van der Waals surface area contributed by atoms with Crippen molar-refractivity contribution in [3.63, 3.8) is 0 Å². The summed E-state index contributed by atoms with van der Waals surface area (Å²) in [6, 6.07) is 16.3. The molecule has 0 aromatic heterocycles. The molecule has 2 aliphatic heterocycles. The van der Waals surface area contributed by atoms with Crippen LogP contribution in [0.15, 0.2) is 48.5 Å². The van der Waals surface area contributed by atoms with Gasteiger partial charge in [-0.2, -0.15) is 0 Å². The predicted octanol–water partition coefficient (Wildman–Crippen LogP) is 3.50. The van der Waals surface area contributed by atoms with Gasteiger partial charge in [-0.05, 0) is 36.2 Å². The molecule has 0 N–H and O–H groups in total. The fraction of sp³-hybridized carbons (Fsp3) is 0.429. The maximum absolute atomic E-state index is 5.80. The van der Waals surface area contributed by atoms with E-state index in [0.717, 1.165) is 69.5 Å². The van der Waals surface area contributed by atoms with Gasteiger partial charge in [-0.25, -0.2) is 0 Å². The monoisotopic (exact) mass is 426 g/mol. The van der Waals surface area contributed by atoms with Gasteiger partial charge in [-0.1, -0.05) is 24.3 Å². The van der Waals surface area contributed by atoms with Crippen LogP contribution in [0, 0.1) is 0 Å². The zero-order valence-corrected chi connectivity index (χ0v) is 17.6. The molecule has 5 nitrogen and oxygen atoms in total. The molecule has 2 aromatic carbocycles. The first-order valence-corrected chi connectivity index (χ1v) is 9.38. The number of fused-ring (bicyclic) bond motifs is 1. The van der Waals surface area contributed by atoms with Crippen molar-refractivity contribution in [3.05, 3.63) is 54.1 Å². The third kappa shape index (κ3) is 6.17. The van der Waals surface area contributed by atoms with E-state index in [1.54, 1.807) is 0 Å². The second-order valence-electron chi connectivity index (χ2n) is 6.78. The second-order valence-corrected chi connectivity index (χ2v) is 6.78. The van der Waals surface area contributed by atoms with E-state index < -0.39 is 0 Å². The van der Waals surface area contributed by atoms with Gasteiger partial charge in [0.2, 0.25) is 6.79 Å². The quantitative estimate of drug-likeness (QED) is 0.676. The molecular formula is C21H28Cl2N2O3. The first-order chi connectivity index (χ1) is 12.9. The van der Waals surface area contributed by atoms with E-state index in [2.05, 4.69) is 21.9 Å². The lowest BCUT2D eigenvalue weighted by Crippen LogP contribution is -2.47. The number of halogens is 2. The summed E-state index contributed by atoms with van der Waals surface area (Å²) >= 11 is 0. The summed E-state index contributed by atoms with van der Waals surface area (Å²) in [6.07, 6.45) is 1.05. The molecule has 7 heteroatoms. The summed E-state index contributed by atoms with van der Waals surface area (Å²) in [5.41, 5.74) is 1.31. The highest BCUT2D eigenvalue weighted by Gasteiger charge is 2.17. The lowest BCUT2D eigenvalue weighted by Gasteiger charge is -2.34. The maximum atomic E-state index is 5.80. The van der Waals surface area contributed by atoms with Gasteiger partial charge in [0, 0.05) is 39.3 Å². The molecule has 2 aliphatic rings. The fourth-order valence-electron chi connectivity index (χ4n) is 3.43. The van der Waals surface area contributed by atoms with Crippen molar-refractivity contribution >= 4 is 24.8 Å². The van der Waals surface area contributed by atoms with Crippen molar-refractivity contribution in [1.82, 2.24) is 9.80 Å². The van der Waals surface area contributed by atoms with E-state index in [-0.39, 0.29) is 24.8 Å². The zero-order chi connectivity index (χ0) is 17.6. The van der Waals surface area contributed by atoms with Gasteiger partial charge in [-0.15, -0.1) is 24.8 Å². The van der Waals surface area contributed by atoms with E-state index in [9.17, 15) is 0 Å². The molecule has 1 fully saturated rings. The molecule has 2 aromatic rings. The van der Waals surface area contributed by atoms with Crippen molar-refractivity contribution in [2.45, 2.75) is 6.42 Å². The largest absolute Gasteiger partial charge is 0.492 e. The minimum Gasteiger partial charge on any atom is -0.492 e. The second kappa shape index (κ2) is 11.4. The Kier molecular flexibility index (Phi) is 9.19. The van der Waals surface area contributed by atoms with Gasteiger partial charge in [0.1, 0.15) is 12.4 Å². The molecule has 154 valence electrons. The Labute approximate surface area is 179 Å². The number of hydrogen-bond donors (Lipinski definition) is 0. The van der Waals surface area contributed by atoms with E-state index in [4.69, 9.17) is 14.2 Å². The van der Waals surface area contributed by atoms with Crippen LogP contribution in [-0.4, -0.2) is 62.5 Å². The first-order valence-electron chi connectivity index (χ1n) is 9.38. The Morgan fingerprint density at radius 3 is 2.21 bits per heavy atom. The van der Waals surface area contributed by atoms with Gasteiger partial charge in [-0.3, -0.25) is 4.90 Å². The van der Waals surface area contributed by atoms with Gasteiger partial charge in [0.15, 0.2) is 11.5 Å². The molecule has 0 spiro atoms. The van der Waals surface area contributed by atoms with Crippen LogP contribution in [0.3, 0.4) is 0 Å². The van der Waals surface area contributed by atoms with Crippen LogP contribution >= 0.6 is 24.8 Å². The lowest BCUT2D eigenvalue weighted by atomic mass is 10.1. The number of para-hydroxylation sites is 1. The van der Waals surface area contributed by atoms with Crippen molar-refractivity contribution in [3.8, 4) is 17.2 Å². The Balaban J connectivity index is 0.00000140. The molecule has 1 saturated heterocycles. The topological polar surface area (TPSA) is 34.2 Å². The minimum atomic E-state index is 0. The molecule has 0 amide bonds. The molecule has 0 atom stereocenters. The molecule has 0 saturated carbocycles. The van der Waals surface area contributed by atoms with Gasteiger partial charge < -0.3 is 19.1 Å². The van der Waals surface area contributed by atoms with Crippen molar-refractivity contribution in [1.29, 1.82) is 0 Å². The Morgan fingerprint density at radius 1 is 0.786 bits per heavy atom. The highest BCUT2D eigenvalue weighted by molar-refractivity contribution is 5.85. The number of nitrogens with zero attached hydrogens (tertiary/aromatic N) is 2. The van der Waals surface area contributed by atoms with Crippen molar-refractivity contribution in [2.75, 3.05) is 52.7 Å². The Morgan fingerprint density at radius 2 is 1.46 bits per heavy atom. The molecule has 4 rings (SSSR count). The summed E-state index contributed by atoms with van der Waals surface area (Å²) in [6.45, 7) is 7.64. The van der Waals surface area contributed by atoms with Crippen LogP contribution in [-0.2, 0) is 6.42 Å². The molecule has 0 aliphatic carbocycles. The van der Waals surface area contributed by atoms with E-state index in [1.807, 2.05) is 36.4 Å². The summed E-state index contributed by atoms with van der Waals surface area (Å²) in [5.74, 6) is 2.70. The lowest BCUT2D eigenvalue weighted by molar-refractivity contribution is 0.118. The average molecular weight is 427 g/mol. The summed E-state index contributed by atoms with van der Waals surface area (Å²) in [4.78, 5) is 5.03. The highest BCUT2D eigenvalue weighted by atomic mass is 35.5. The summed E-state index contributed by atoms with van der Waals surface area (Å²) in [5, 5.41) is 0. The number of rotatable bonds is 7. The SMILES string of the molecule is Cl.Cl.c1ccc(OCCN2CCN(CCc3ccc4c(c3)OCO4)CC2)cc1. The minimum absolute atomic E-state index is 0. The van der Waals surface area contributed by atoms with E-state index in [0.29, 0.717) is 6.79 Å². The van der Waals surface area contributed by atoms with Crippen LogP contribution < -0.4 is 14.2 Å². The normalized spacial score (nSPS) is 16.1. The fourth-order valence-corrected chi connectivity index (χ4v) is 3.43. The van der Waals surface area contributed by atoms with Crippen LogP contribution in [0.4, 0.5) is 0 Å². The van der Waals surface area contributed by atoms with E-state index in [1.165, 1.54) is 5.56 Å². The average Bonchev–Trinajstić information content (AvgIpc) is 3.16. The third-order valence-electron chi connectivity index (χ3n) is 5.04. The van der Waals surface area contributed by atoms with Crippen LogP contribution in [0.25, 0.3) is 0 Å². The molecule has 0 unspecified atom stereocenters. The standard InChI is InChI=1S/C21H26N2O3.2ClH/c1-2-4-19(5-3-1)24-15-14-23-12-10-22(11-13-23)9-8-18-6-7-20-21(16-18)26-17-25-20;;/h1-7,16H,8-15,17H2;2*1H. The van der Waals surface area contributed by atoms with Gasteiger partial charge in [0.05, 0.1) is 0 Å². The van der Waals surface area contributed by atoms with Crippen LogP contribution in [0.2, 0.25) is 0 Å². The molecule has 2 heterocycles. The summed E-state index contributed by atoms with van der Waals surface area (Å²) < 4.78 is 16.6. The van der Waals surface area contributed by atoms with Gasteiger partial charge in [0.25, 0.3) is 0 Å². The predicted molar refractivity (Wildman–Crippen MR) is 116 cm³/mol. The van der Waals surface area contributed by atoms with Crippen molar-refractivity contribution < 1.29 is 14.2 Å². The molecule has 28 heavy (non-hydrogen) atoms. The number of hydrogen-bond acceptors (Lipinski definition) is 5.